The van der Waals surface area contributed by atoms with E-state index in [1.165, 1.54) is 4.90 Å². The first-order valence-corrected chi connectivity index (χ1v) is 20.7. The lowest BCUT2D eigenvalue weighted by atomic mass is 9.78. The zero-order valence-corrected chi connectivity index (χ0v) is 34.5. The predicted molar refractivity (Wildman–Crippen MR) is 206 cm³/mol. The van der Waals surface area contributed by atoms with Crippen molar-refractivity contribution in [3.8, 4) is 0 Å². The molecule has 0 aromatic rings. The van der Waals surface area contributed by atoms with E-state index in [0.717, 1.165) is 11.9 Å². The lowest BCUT2D eigenvalue weighted by molar-refractivity contribution is -0.321. The number of piperidine rings is 1. The van der Waals surface area contributed by atoms with Crippen molar-refractivity contribution in [2.24, 2.45) is 35.5 Å². The maximum atomic E-state index is 14.3. The minimum absolute atomic E-state index is 0.0568. The fourth-order valence-electron chi connectivity index (χ4n) is 9.44. The molecule has 14 unspecified atom stereocenters. The molecule has 2 bridgehead atoms. The number of carbonyl (C=O) groups is 4. The lowest BCUT2D eigenvalue weighted by Gasteiger charge is -2.48. The Morgan fingerprint density at radius 3 is 2.33 bits per heavy atom. The molecule has 2 saturated heterocycles. The Bertz CT molecular complexity index is 1380. The van der Waals surface area contributed by atoms with E-state index in [2.05, 4.69) is 6.92 Å². The van der Waals surface area contributed by atoms with Gasteiger partial charge in [0.2, 0.25) is 5.91 Å². The summed E-state index contributed by atoms with van der Waals surface area (Å²) in [5.41, 5.74) is 1.71. The summed E-state index contributed by atoms with van der Waals surface area (Å²) in [7, 11) is 3.21. The minimum Gasteiger partial charge on any atom is -0.456 e. The molecule has 312 valence electrons. The first-order chi connectivity index (χ1) is 26.0. The monoisotopic (exact) mass is 775 g/mol. The molecule has 55 heavy (non-hydrogen) atoms. The van der Waals surface area contributed by atoms with Crippen LogP contribution in [0.25, 0.3) is 0 Å². The maximum Gasteiger partial charge on any atom is 0.329 e. The third kappa shape index (κ3) is 11.3. The molecular formula is C43H69NO11. The van der Waals surface area contributed by atoms with Crippen LogP contribution >= 0.6 is 0 Å². The van der Waals surface area contributed by atoms with E-state index in [9.17, 15) is 34.5 Å². The molecule has 3 N–H and O–H groups in total. The number of aliphatic hydroxyl groups excluding tert-OH is 2. The van der Waals surface area contributed by atoms with Crippen LogP contribution in [0.5, 0.6) is 0 Å². The highest BCUT2D eigenvalue weighted by Gasteiger charge is 2.51. The number of fused-ring (bicyclic) bond motifs is 3. The molecule has 0 aromatic carbocycles. The number of ether oxygens (including phenoxy) is 4. The Morgan fingerprint density at radius 2 is 1.67 bits per heavy atom. The molecule has 0 spiro atoms. The van der Waals surface area contributed by atoms with E-state index in [0.29, 0.717) is 76.3 Å². The van der Waals surface area contributed by atoms with Crippen molar-refractivity contribution in [3.05, 3.63) is 23.3 Å². The number of hydrogen-bond donors (Lipinski definition) is 3. The molecule has 12 heteroatoms. The third-order valence-electron chi connectivity index (χ3n) is 12.9. The summed E-state index contributed by atoms with van der Waals surface area (Å²) >= 11 is 0. The van der Waals surface area contributed by atoms with E-state index in [1.54, 1.807) is 21.1 Å². The van der Waals surface area contributed by atoms with Gasteiger partial charge in [-0.2, -0.15) is 0 Å². The van der Waals surface area contributed by atoms with Crippen molar-refractivity contribution in [1.29, 1.82) is 0 Å². The Balaban J connectivity index is 1.73. The summed E-state index contributed by atoms with van der Waals surface area (Å²) < 4.78 is 24.6. The number of esters is 1. The van der Waals surface area contributed by atoms with Gasteiger partial charge in [0.05, 0.1) is 30.8 Å². The van der Waals surface area contributed by atoms with Gasteiger partial charge in [0.25, 0.3) is 0 Å². The molecule has 4 rings (SSSR count). The van der Waals surface area contributed by atoms with Crippen molar-refractivity contribution >= 4 is 23.9 Å². The fourth-order valence-corrected chi connectivity index (χ4v) is 9.44. The average Bonchev–Trinajstić information content (AvgIpc) is 3.15. The number of Topliss-reactive ketones (excluding diaryl/α,β-unsaturated/α-hetero) is 1. The molecule has 3 aliphatic heterocycles. The molecule has 3 heterocycles. The minimum atomic E-state index is -1.83. The van der Waals surface area contributed by atoms with Crippen molar-refractivity contribution in [1.82, 2.24) is 4.90 Å². The van der Waals surface area contributed by atoms with Gasteiger partial charge in [0.1, 0.15) is 30.3 Å². The zero-order valence-electron chi connectivity index (χ0n) is 34.5. The Hall–Kier alpha value is -2.48. The molecular weight excluding hydrogens is 706 g/mol. The molecule has 0 aromatic heterocycles. The van der Waals surface area contributed by atoms with E-state index in [1.807, 2.05) is 39.8 Å². The van der Waals surface area contributed by atoms with E-state index in [4.69, 9.17) is 18.9 Å². The number of nitrogens with zero attached hydrogens (tertiary/aromatic N) is 1. The van der Waals surface area contributed by atoms with Gasteiger partial charge in [-0.15, -0.1) is 0 Å². The quantitative estimate of drug-likeness (QED) is 0.187. The number of rotatable bonds is 6. The highest BCUT2D eigenvalue weighted by molar-refractivity contribution is 5.85. The summed E-state index contributed by atoms with van der Waals surface area (Å²) in [6.45, 7) is 11.8. The van der Waals surface area contributed by atoms with Crippen LogP contribution in [0.15, 0.2) is 23.3 Å². The van der Waals surface area contributed by atoms with Crippen molar-refractivity contribution in [2.45, 2.75) is 167 Å². The number of hydrogen-bond acceptors (Lipinski definition) is 11. The first-order valence-electron chi connectivity index (χ1n) is 20.7. The van der Waals surface area contributed by atoms with E-state index < -0.39 is 77.9 Å². The molecule has 12 nitrogen and oxygen atoms in total. The summed E-state index contributed by atoms with van der Waals surface area (Å²) in [5.74, 6) is -4.97. The van der Waals surface area contributed by atoms with E-state index in [-0.39, 0.29) is 36.6 Å². The second-order valence-electron chi connectivity index (χ2n) is 17.3. The standard InChI is InChI=1S/C43H69NO11/c1-9-31-17-25(2)16-26(3)18-37(52-7)41-38(53-8)20-28(5)43(51,55-41)23-39(49)44-15-11-10-12-33(44)42(50)54-40(29(6)35(47)22-36(31)48)27(4)19-30-13-14-34(46)32(21-30)24-45/h17,19,24,26,28-35,37-38,40-41,46-47,51H,9-16,18,20-23H2,1-8H3/b25-17+,27-19+. The van der Waals surface area contributed by atoms with Gasteiger partial charge in [0.15, 0.2) is 5.79 Å². The maximum absolute atomic E-state index is 14.3. The molecule has 1 aliphatic carbocycles. The number of amides is 1. The smallest absolute Gasteiger partial charge is 0.329 e. The fraction of sp³-hybridized carbons (Fsp3) is 0.814. The highest BCUT2D eigenvalue weighted by Crippen LogP contribution is 2.40. The average molecular weight is 776 g/mol. The van der Waals surface area contributed by atoms with Gasteiger partial charge in [-0.25, -0.2) is 4.79 Å². The summed E-state index contributed by atoms with van der Waals surface area (Å²) in [6.07, 6.45) is 5.57. The highest BCUT2D eigenvalue weighted by atomic mass is 16.7. The molecule has 1 amide bonds. The van der Waals surface area contributed by atoms with E-state index >= 15 is 0 Å². The van der Waals surface area contributed by atoms with Crippen molar-refractivity contribution in [3.63, 3.8) is 0 Å². The third-order valence-corrected chi connectivity index (χ3v) is 12.9. The topological polar surface area (TPSA) is 169 Å². The van der Waals surface area contributed by atoms with Gasteiger partial charge in [-0.1, -0.05) is 45.4 Å². The summed E-state index contributed by atoms with van der Waals surface area (Å²) in [6, 6.07) is -0.920. The van der Waals surface area contributed by atoms with Crippen LogP contribution in [0.2, 0.25) is 0 Å². The van der Waals surface area contributed by atoms with Crippen molar-refractivity contribution < 1.29 is 53.4 Å². The predicted octanol–water partition coefficient (Wildman–Crippen LogP) is 5.09. The largest absolute Gasteiger partial charge is 0.456 e. The van der Waals surface area contributed by atoms with Crippen LogP contribution in [0.1, 0.15) is 119 Å². The number of aldehydes is 1. The molecule has 14 atom stereocenters. The Kier molecular flexibility index (Phi) is 16.7. The van der Waals surface area contributed by atoms with Crippen LogP contribution in [-0.4, -0.2) is 113 Å². The van der Waals surface area contributed by atoms with Crippen LogP contribution < -0.4 is 0 Å². The molecule has 0 radical (unpaired) electrons. The van der Waals surface area contributed by atoms with Gasteiger partial charge in [0, 0.05) is 50.9 Å². The summed E-state index contributed by atoms with van der Waals surface area (Å²) in [4.78, 5) is 55.4. The Morgan fingerprint density at radius 1 is 0.982 bits per heavy atom. The van der Waals surface area contributed by atoms with Gasteiger partial charge < -0.3 is 44.0 Å². The number of aliphatic hydroxyl groups is 3. The molecule has 4 aliphatic rings. The Labute approximate surface area is 328 Å². The second-order valence-corrected chi connectivity index (χ2v) is 17.3. The van der Waals surface area contributed by atoms with Crippen LogP contribution in [-0.2, 0) is 38.1 Å². The molecule has 1 saturated carbocycles. The van der Waals surface area contributed by atoms with Crippen molar-refractivity contribution in [2.75, 3.05) is 20.8 Å². The number of ketones is 1. The van der Waals surface area contributed by atoms with Crippen LogP contribution in [0, 0.1) is 35.5 Å². The number of methoxy groups -OCH3 is 2. The van der Waals surface area contributed by atoms with Gasteiger partial charge >= 0.3 is 5.97 Å². The number of cyclic esters (lactones) is 1. The van der Waals surface area contributed by atoms with Crippen LogP contribution in [0.3, 0.4) is 0 Å². The van der Waals surface area contributed by atoms with Gasteiger partial charge in [-0.05, 0) is 95.5 Å². The normalized spacial score (nSPS) is 42.0. The number of carbonyl (C=O) groups excluding carboxylic acids is 4. The molecule has 3 fully saturated rings. The summed E-state index contributed by atoms with van der Waals surface area (Å²) in [5, 5.41) is 34.0. The first kappa shape index (κ1) is 45.2. The zero-order chi connectivity index (χ0) is 40.6. The SMILES string of the molecule is CCC1/C=C(\C)CC(C)CC(OC)C2OC(O)(CC(=O)N3CCCCC3C(=O)OC(/C(C)=C/C3CCC(O)C(C=O)C3)C(C)C(O)CC1=O)C(C)CC2OC. The lowest BCUT2D eigenvalue weighted by Crippen LogP contribution is -2.59. The number of allylic oxidation sites excluding steroid dienone is 3. The van der Waals surface area contributed by atoms with Crippen LogP contribution in [0.4, 0.5) is 0 Å². The second kappa shape index (κ2) is 20.3. The van der Waals surface area contributed by atoms with Gasteiger partial charge in [-0.3, -0.25) is 9.59 Å².